The van der Waals surface area contributed by atoms with Crippen molar-refractivity contribution in [2.75, 3.05) is 30.0 Å². The summed E-state index contributed by atoms with van der Waals surface area (Å²) in [5.74, 6) is 2.66. The smallest absolute Gasteiger partial charge is 0.243 e. The third-order valence-electron chi connectivity index (χ3n) is 2.47. The van der Waals surface area contributed by atoms with Crippen LogP contribution in [0.3, 0.4) is 0 Å². The van der Waals surface area contributed by atoms with Gasteiger partial charge in [0.2, 0.25) is 5.95 Å². The van der Waals surface area contributed by atoms with E-state index in [1.54, 1.807) is 4.52 Å². The number of hydrogen-bond donors (Lipinski definition) is 2. The zero-order valence-electron chi connectivity index (χ0n) is 10.5. The number of rotatable bonds is 7. The maximum absolute atomic E-state index is 8.65. The third kappa shape index (κ3) is 3.61. The summed E-state index contributed by atoms with van der Waals surface area (Å²) >= 11 is 1.82. The first-order valence-corrected chi connectivity index (χ1v) is 7.20. The van der Waals surface area contributed by atoms with Gasteiger partial charge >= 0.3 is 0 Å². The molecule has 0 aliphatic heterocycles. The quantitative estimate of drug-likeness (QED) is 0.745. The van der Waals surface area contributed by atoms with E-state index < -0.39 is 0 Å². The molecule has 0 bridgehead atoms. The molecule has 0 amide bonds. The van der Waals surface area contributed by atoms with Gasteiger partial charge in [0.25, 0.3) is 0 Å². The molecule has 2 N–H and O–H groups in total. The van der Waals surface area contributed by atoms with E-state index in [1.165, 1.54) is 5.56 Å². The normalized spacial score (nSPS) is 11.0. The van der Waals surface area contributed by atoms with E-state index in [0.717, 1.165) is 30.1 Å². The van der Waals surface area contributed by atoms with Gasteiger partial charge in [-0.25, -0.2) is 4.52 Å². The summed E-state index contributed by atoms with van der Waals surface area (Å²) in [5, 5.41) is 16.2. The number of nitrogens with zero attached hydrogens (tertiary/aromatic N) is 3. The summed E-state index contributed by atoms with van der Waals surface area (Å²) in [6.45, 7) is 3.15. The van der Waals surface area contributed by atoms with Gasteiger partial charge in [-0.3, -0.25) is 0 Å². The Labute approximate surface area is 111 Å². The van der Waals surface area contributed by atoms with E-state index >= 15 is 0 Å². The molecule has 0 aliphatic carbocycles. The van der Waals surface area contributed by atoms with Crippen molar-refractivity contribution < 1.29 is 5.11 Å². The van der Waals surface area contributed by atoms with Crippen LogP contribution in [-0.2, 0) is 0 Å². The van der Waals surface area contributed by atoms with E-state index in [0.29, 0.717) is 5.95 Å². The highest BCUT2D eigenvalue weighted by Crippen LogP contribution is 2.08. The molecule has 5 nitrogen and oxygen atoms in total. The molecule has 0 saturated carbocycles. The number of pyridine rings is 1. The van der Waals surface area contributed by atoms with Gasteiger partial charge in [0.1, 0.15) is 0 Å². The zero-order chi connectivity index (χ0) is 12.8. The highest BCUT2D eigenvalue weighted by molar-refractivity contribution is 7.99. The molecule has 0 saturated heterocycles. The minimum Gasteiger partial charge on any atom is -0.396 e. The van der Waals surface area contributed by atoms with Gasteiger partial charge < -0.3 is 10.4 Å². The summed E-state index contributed by atoms with van der Waals surface area (Å²) in [5.41, 5.74) is 2.05. The van der Waals surface area contributed by atoms with Gasteiger partial charge in [0.05, 0.1) is 0 Å². The van der Waals surface area contributed by atoms with Gasteiger partial charge in [-0.2, -0.15) is 16.7 Å². The van der Waals surface area contributed by atoms with Gasteiger partial charge in [0, 0.05) is 25.1 Å². The van der Waals surface area contributed by atoms with E-state index in [4.69, 9.17) is 5.11 Å². The molecule has 2 aromatic heterocycles. The number of anilines is 1. The molecular formula is C12H18N4OS. The fourth-order valence-electron chi connectivity index (χ4n) is 1.56. The Morgan fingerprint density at radius 1 is 1.44 bits per heavy atom. The van der Waals surface area contributed by atoms with Crippen molar-refractivity contribution in [1.82, 2.24) is 14.6 Å². The van der Waals surface area contributed by atoms with Crippen LogP contribution < -0.4 is 5.32 Å². The van der Waals surface area contributed by atoms with E-state index in [2.05, 4.69) is 15.4 Å². The molecule has 2 rings (SSSR count). The second-order valence-corrected chi connectivity index (χ2v) is 5.28. The predicted octanol–water partition coefficient (Wildman–Crippen LogP) is 1.57. The number of thioether (sulfide) groups is 1. The lowest BCUT2D eigenvalue weighted by Crippen LogP contribution is -2.06. The van der Waals surface area contributed by atoms with Crippen LogP contribution in [0.4, 0.5) is 5.95 Å². The number of aromatic nitrogens is 3. The van der Waals surface area contributed by atoms with Crippen LogP contribution in [0, 0.1) is 6.92 Å². The lowest BCUT2D eigenvalue weighted by atomic mass is 10.3. The maximum Gasteiger partial charge on any atom is 0.243 e. The van der Waals surface area contributed by atoms with Gasteiger partial charge in [-0.15, -0.1) is 5.10 Å². The van der Waals surface area contributed by atoms with E-state index in [1.807, 2.05) is 37.0 Å². The third-order valence-corrected chi connectivity index (χ3v) is 3.54. The van der Waals surface area contributed by atoms with Gasteiger partial charge in [-0.05, 0) is 36.8 Å². The molecule has 6 heteroatoms. The highest BCUT2D eigenvalue weighted by atomic mass is 32.2. The van der Waals surface area contributed by atoms with Crippen molar-refractivity contribution in [2.45, 2.75) is 13.3 Å². The Morgan fingerprint density at radius 2 is 2.33 bits per heavy atom. The van der Waals surface area contributed by atoms with Crippen LogP contribution >= 0.6 is 11.8 Å². The molecule has 0 radical (unpaired) electrons. The molecular weight excluding hydrogens is 248 g/mol. The van der Waals surface area contributed by atoms with Gasteiger partial charge in [0.15, 0.2) is 5.65 Å². The SMILES string of the molecule is Cc1ccn2nc(NCCSCCCO)nc2c1. The highest BCUT2D eigenvalue weighted by Gasteiger charge is 2.02. The Kier molecular flexibility index (Phi) is 4.83. The largest absolute Gasteiger partial charge is 0.396 e. The number of aliphatic hydroxyl groups excluding tert-OH is 1. The molecule has 2 heterocycles. The van der Waals surface area contributed by atoms with Crippen LogP contribution in [0.2, 0.25) is 0 Å². The Hall–Kier alpha value is -1.27. The number of hydrogen-bond acceptors (Lipinski definition) is 5. The average molecular weight is 266 g/mol. The van der Waals surface area contributed by atoms with Crippen LogP contribution in [0.15, 0.2) is 18.3 Å². The number of aliphatic hydroxyl groups is 1. The Balaban J connectivity index is 1.81. The molecule has 0 fully saturated rings. The van der Waals surface area contributed by atoms with Crippen LogP contribution in [-0.4, -0.2) is 44.4 Å². The molecule has 18 heavy (non-hydrogen) atoms. The number of nitrogens with one attached hydrogen (secondary N) is 1. The average Bonchev–Trinajstić information content (AvgIpc) is 2.75. The predicted molar refractivity (Wildman–Crippen MR) is 75.2 cm³/mol. The summed E-state index contributed by atoms with van der Waals surface area (Å²) in [6.07, 6.45) is 2.77. The molecule has 98 valence electrons. The monoisotopic (exact) mass is 266 g/mol. The van der Waals surface area contributed by atoms with Crippen molar-refractivity contribution >= 4 is 23.4 Å². The Morgan fingerprint density at radius 3 is 3.17 bits per heavy atom. The second-order valence-electron chi connectivity index (χ2n) is 4.06. The molecule has 0 aliphatic rings. The van der Waals surface area contributed by atoms with Crippen molar-refractivity contribution in [3.8, 4) is 0 Å². The van der Waals surface area contributed by atoms with Crippen LogP contribution in [0.1, 0.15) is 12.0 Å². The first kappa shape index (κ1) is 13.2. The molecule has 0 aromatic carbocycles. The summed E-state index contributed by atoms with van der Waals surface area (Å²) in [6, 6.07) is 4.02. The minimum atomic E-state index is 0.272. The van der Waals surface area contributed by atoms with Crippen molar-refractivity contribution in [3.05, 3.63) is 23.9 Å². The lowest BCUT2D eigenvalue weighted by Gasteiger charge is -2.00. The fourth-order valence-corrected chi connectivity index (χ4v) is 2.35. The summed E-state index contributed by atoms with van der Waals surface area (Å²) < 4.78 is 1.77. The first-order chi connectivity index (χ1) is 8.79. The molecule has 0 atom stereocenters. The van der Waals surface area contributed by atoms with Crippen molar-refractivity contribution in [1.29, 1.82) is 0 Å². The van der Waals surface area contributed by atoms with Crippen molar-refractivity contribution in [3.63, 3.8) is 0 Å². The van der Waals surface area contributed by atoms with Gasteiger partial charge in [-0.1, -0.05) is 0 Å². The standard InChI is InChI=1S/C12H18N4OS/c1-10-3-5-16-11(9-10)14-12(15-16)13-4-8-18-7-2-6-17/h3,5,9,17H,2,4,6-8H2,1H3,(H,13,15). The maximum atomic E-state index is 8.65. The number of aryl methyl sites for hydroxylation is 1. The first-order valence-electron chi connectivity index (χ1n) is 6.05. The molecule has 2 aromatic rings. The lowest BCUT2D eigenvalue weighted by molar-refractivity contribution is 0.296. The molecule has 0 spiro atoms. The Bertz CT molecular complexity index is 500. The topological polar surface area (TPSA) is 62.5 Å². The zero-order valence-corrected chi connectivity index (χ0v) is 11.3. The summed E-state index contributed by atoms with van der Waals surface area (Å²) in [4.78, 5) is 4.40. The fraction of sp³-hybridized carbons (Fsp3) is 0.500. The number of fused-ring (bicyclic) bond motifs is 1. The minimum absolute atomic E-state index is 0.272. The van der Waals surface area contributed by atoms with Crippen LogP contribution in [0.25, 0.3) is 5.65 Å². The second kappa shape index (κ2) is 6.61. The van der Waals surface area contributed by atoms with Crippen LogP contribution in [0.5, 0.6) is 0 Å². The van der Waals surface area contributed by atoms with E-state index in [9.17, 15) is 0 Å². The van der Waals surface area contributed by atoms with E-state index in [-0.39, 0.29) is 6.61 Å². The molecule has 0 unspecified atom stereocenters. The summed E-state index contributed by atoms with van der Waals surface area (Å²) in [7, 11) is 0. The van der Waals surface area contributed by atoms with Crippen molar-refractivity contribution in [2.24, 2.45) is 0 Å².